The van der Waals surface area contributed by atoms with E-state index >= 15 is 0 Å². The van der Waals surface area contributed by atoms with Gasteiger partial charge in [0.1, 0.15) is 5.75 Å². The summed E-state index contributed by atoms with van der Waals surface area (Å²) in [5.74, 6) is 0.734. The summed E-state index contributed by atoms with van der Waals surface area (Å²) in [6.45, 7) is 3.29. The molecule has 1 aromatic rings. The van der Waals surface area contributed by atoms with E-state index in [-0.39, 0.29) is 0 Å². The van der Waals surface area contributed by atoms with Crippen LogP contribution in [0, 0.1) is 11.3 Å². The number of nitriles is 1. The lowest BCUT2D eigenvalue weighted by atomic mass is 10.2. The van der Waals surface area contributed by atoms with Gasteiger partial charge in [-0.3, -0.25) is 0 Å². The van der Waals surface area contributed by atoms with Gasteiger partial charge in [-0.2, -0.15) is 5.26 Å². The summed E-state index contributed by atoms with van der Waals surface area (Å²) in [5, 5.41) is 8.74. The first-order chi connectivity index (χ1) is 8.77. The van der Waals surface area contributed by atoms with Crippen LogP contribution in [0.25, 0.3) is 0 Å². The molecular weight excluding hydrogens is 226 g/mol. The van der Waals surface area contributed by atoms with Crippen LogP contribution >= 0.6 is 0 Å². The van der Waals surface area contributed by atoms with E-state index in [1.165, 1.54) is 12.8 Å². The van der Waals surface area contributed by atoms with Crippen LogP contribution < -0.4 is 15.4 Å². The Morgan fingerprint density at radius 1 is 1.50 bits per heavy atom. The maximum Gasteiger partial charge on any atom is 0.144 e. The highest BCUT2D eigenvalue weighted by atomic mass is 16.5. The van der Waals surface area contributed by atoms with Gasteiger partial charge >= 0.3 is 0 Å². The molecule has 2 N–H and O–H groups in total. The lowest BCUT2D eigenvalue weighted by Gasteiger charge is -2.26. The second-order valence-electron chi connectivity index (χ2n) is 4.45. The van der Waals surface area contributed by atoms with Crippen LogP contribution in [-0.4, -0.2) is 19.2 Å². The third-order valence-electron chi connectivity index (χ3n) is 3.10. The third-order valence-corrected chi connectivity index (χ3v) is 3.10. The maximum atomic E-state index is 8.74. The molecule has 0 radical (unpaired) electrons. The van der Waals surface area contributed by atoms with Gasteiger partial charge < -0.3 is 15.4 Å². The smallest absolute Gasteiger partial charge is 0.144 e. The number of hydrogen-bond donors (Lipinski definition) is 1. The molecule has 96 valence electrons. The zero-order chi connectivity index (χ0) is 13.0. The van der Waals surface area contributed by atoms with Crippen molar-refractivity contribution in [2.24, 2.45) is 0 Å². The average Bonchev–Trinajstić information content (AvgIpc) is 3.19. The van der Waals surface area contributed by atoms with Crippen LogP contribution in [0.1, 0.15) is 26.2 Å². The van der Waals surface area contributed by atoms with Gasteiger partial charge in [0.25, 0.3) is 0 Å². The largest absolute Gasteiger partial charge is 0.492 e. The van der Waals surface area contributed by atoms with Gasteiger partial charge in [-0.05, 0) is 31.9 Å². The molecule has 1 aliphatic rings. The second-order valence-corrected chi connectivity index (χ2v) is 4.45. The fourth-order valence-corrected chi connectivity index (χ4v) is 2.12. The molecule has 0 atom stereocenters. The van der Waals surface area contributed by atoms with Crippen molar-refractivity contribution in [3.05, 3.63) is 18.2 Å². The highest BCUT2D eigenvalue weighted by molar-refractivity contribution is 5.74. The summed E-state index contributed by atoms with van der Waals surface area (Å²) >= 11 is 0. The molecule has 0 heterocycles. The van der Waals surface area contributed by atoms with Gasteiger partial charge in [-0.15, -0.1) is 0 Å². The number of anilines is 2. The molecule has 0 saturated heterocycles. The Labute approximate surface area is 108 Å². The molecule has 2 rings (SSSR count). The van der Waals surface area contributed by atoms with Gasteiger partial charge in [0.15, 0.2) is 0 Å². The van der Waals surface area contributed by atoms with Gasteiger partial charge in [0.2, 0.25) is 0 Å². The first-order valence-electron chi connectivity index (χ1n) is 6.42. The summed E-state index contributed by atoms with van der Waals surface area (Å²) in [6.07, 6.45) is 2.89. The number of benzene rings is 1. The van der Waals surface area contributed by atoms with Crippen LogP contribution in [-0.2, 0) is 0 Å². The molecule has 0 bridgehead atoms. The predicted octanol–water partition coefficient (Wildman–Crippen LogP) is 2.55. The summed E-state index contributed by atoms with van der Waals surface area (Å²) in [4.78, 5) is 2.24. The van der Waals surface area contributed by atoms with Crippen LogP contribution in [0.4, 0.5) is 11.4 Å². The van der Waals surface area contributed by atoms with Crippen molar-refractivity contribution in [1.82, 2.24) is 0 Å². The Morgan fingerprint density at radius 2 is 2.28 bits per heavy atom. The van der Waals surface area contributed by atoms with Crippen molar-refractivity contribution in [3.8, 4) is 11.8 Å². The first-order valence-corrected chi connectivity index (χ1v) is 6.42. The van der Waals surface area contributed by atoms with Crippen molar-refractivity contribution < 1.29 is 4.74 Å². The minimum atomic E-state index is 0.523. The van der Waals surface area contributed by atoms with E-state index in [1.54, 1.807) is 0 Å². The predicted molar refractivity (Wildman–Crippen MR) is 72.6 cm³/mol. The molecule has 0 aliphatic heterocycles. The molecule has 1 aromatic carbocycles. The summed E-state index contributed by atoms with van der Waals surface area (Å²) in [6, 6.07) is 8.59. The highest BCUT2D eigenvalue weighted by Crippen LogP contribution is 2.38. The van der Waals surface area contributed by atoms with E-state index in [1.807, 2.05) is 25.1 Å². The van der Waals surface area contributed by atoms with Crippen molar-refractivity contribution >= 4 is 11.4 Å². The Balaban J connectivity index is 2.23. The second kappa shape index (κ2) is 5.63. The lowest BCUT2D eigenvalue weighted by molar-refractivity contribution is 0.342. The van der Waals surface area contributed by atoms with Crippen LogP contribution in [0.3, 0.4) is 0 Å². The number of nitrogens with zero attached hydrogens (tertiary/aromatic N) is 2. The van der Waals surface area contributed by atoms with Crippen LogP contribution in [0.5, 0.6) is 5.75 Å². The Morgan fingerprint density at radius 3 is 2.89 bits per heavy atom. The summed E-state index contributed by atoms with van der Waals surface area (Å²) in [5.41, 5.74) is 7.84. The maximum absolute atomic E-state index is 8.74. The van der Waals surface area contributed by atoms with Crippen molar-refractivity contribution in [1.29, 1.82) is 5.26 Å². The number of ether oxygens (including phenoxy) is 1. The number of para-hydroxylation sites is 1. The normalized spacial score (nSPS) is 14.0. The molecule has 0 amide bonds. The standard InChI is InChI=1S/C14H19N3O/c1-2-18-13-6-3-5-12(14(13)16)17(10-4-9-15)11-7-8-11/h3,5-6,11H,2,4,7-8,10,16H2,1H3. The SMILES string of the molecule is CCOc1cccc(N(CCC#N)C2CC2)c1N. The summed E-state index contributed by atoms with van der Waals surface area (Å²) in [7, 11) is 0. The van der Waals surface area contributed by atoms with Gasteiger partial charge in [-0.25, -0.2) is 0 Å². The minimum Gasteiger partial charge on any atom is -0.492 e. The van der Waals surface area contributed by atoms with Crippen LogP contribution in [0.15, 0.2) is 18.2 Å². The van der Waals surface area contributed by atoms with Crippen LogP contribution in [0.2, 0.25) is 0 Å². The van der Waals surface area contributed by atoms with E-state index in [2.05, 4.69) is 11.0 Å². The molecule has 1 fully saturated rings. The van der Waals surface area contributed by atoms with E-state index in [0.717, 1.165) is 18.0 Å². The zero-order valence-corrected chi connectivity index (χ0v) is 10.7. The molecule has 1 aliphatic carbocycles. The van der Waals surface area contributed by atoms with E-state index in [0.29, 0.717) is 24.8 Å². The molecular formula is C14H19N3O. The first kappa shape index (κ1) is 12.6. The number of nitrogen functional groups attached to an aromatic ring is 1. The molecule has 4 heteroatoms. The number of rotatable bonds is 6. The lowest BCUT2D eigenvalue weighted by Crippen LogP contribution is -2.27. The van der Waals surface area contributed by atoms with Gasteiger partial charge in [0, 0.05) is 12.6 Å². The number of nitrogens with two attached hydrogens (primary N) is 1. The van der Waals surface area contributed by atoms with Crippen molar-refractivity contribution in [2.75, 3.05) is 23.8 Å². The topological polar surface area (TPSA) is 62.3 Å². The van der Waals surface area contributed by atoms with Gasteiger partial charge in [0.05, 0.1) is 30.5 Å². The quantitative estimate of drug-likeness (QED) is 0.782. The van der Waals surface area contributed by atoms with E-state index in [4.69, 9.17) is 15.7 Å². The fourth-order valence-electron chi connectivity index (χ4n) is 2.12. The summed E-state index contributed by atoms with van der Waals surface area (Å²) < 4.78 is 5.52. The Bertz CT molecular complexity index is 449. The number of hydrogen-bond acceptors (Lipinski definition) is 4. The average molecular weight is 245 g/mol. The molecule has 4 nitrogen and oxygen atoms in total. The fraction of sp³-hybridized carbons (Fsp3) is 0.500. The van der Waals surface area contributed by atoms with Crippen molar-refractivity contribution in [3.63, 3.8) is 0 Å². The van der Waals surface area contributed by atoms with Gasteiger partial charge in [-0.1, -0.05) is 6.07 Å². The Hall–Kier alpha value is -1.89. The zero-order valence-electron chi connectivity index (χ0n) is 10.7. The third kappa shape index (κ3) is 2.67. The molecule has 18 heavy (non-hydrogen) atoms. The minimum absolute atomic E-state index is 0.523. The molecule has 0 spiro atoms. The monoisotopic (exact) mass is 245 g/mol. The van der Waals surface area contributed by atoms with E-state index in [9.17, 15) is 0 Å². The molecule has 1 saturated carbocycles. The van der Waals surface area contributed by atoms with E-state index < -0.39 is 0 Å². The molecule has 0 unspecified atom stereocenters. The van der Waals surface area contributed by atoms with Crippen molar-refractivity contribution in [2.45, 2.75) is 32.2 Å². The highest BCUT2D eigenvalue weighted by Gasteiger charge is 2.30. The molecule has 0 aromatic heterocycles. The Kier molecular flexibility index (Phi) is 3.93.